The van der Waals surface area contributed by atoms with Gasteiger partial charge in [-0.25, -0.2) is 4.39 Å². The molecule has 0 fully saturated rings. The lowest BCUT2D eigenvalue weighted by molar-refractivity contribution is -0.423. The van der Waals surface area contributed by atoms with Crippen LogP contribution in [0.3, 0.4) is 0 Å². The van der Waals surface area contributed by atoms with Gasteiger partial charge in [0, 0.05) is 0 Å². The van der Waals surface area contributed by atoms with E-state index in [-0.39, 0.29) is 5.69 Å². The maximum absolute atomic E-state index is 13.9. The molecule has 0 heterocycles. The number of nitro groups is 2. The number of benzene rings is 2. The Morgan fingerprint density at radius 2 is 1.50 bits per heavy atom. The predicted molar refractivity (Wildman–Crippen MR) is 66.0 cm³/mol. The van der Waals surface area contributed by atoms with Crippen LogP contribution in [0, 0.1) is 31.9 Å². The third kappa shape index (κ3) is 1.66. The zero-order valence-corrected chi connectivity index (χ0v) is 9.59. The average Bonchev–Trinajstić information content (AvgIpc) is 2.36. The maximum Gasteiger partial charge on any atom is 0.385 e. The highest BCUT2D eigenvalue weighted by molar-refractivity contribution is 6.05. The number of nitrogens with two attached hydrogens (primary N) is 2. The fourth-order valence-electron chi connectivity index (χ4n) is 1.87. The predicted octanol–water partition coefficient (Wildman–Crippen LogP) is 2.10. The molecule has 0 amide bonds. The Balaban J connectivity index is 3.16. The lowest BCUT2D eigenvalue weighted by Gasteiger charge is -2.08. The second kappa shape index (κ2) is 4.26. The van der Waals surface area contributed by atoms with Gasteiger partial charge >= 0.3 is 11.4 Å². The summed E-state index contributed by atoms with van der Waals surface area (Å²) in [4.78, 5) is 19.1. The summed E-state index contributed by atoms with van der Waals surface area (Å²) in [6.07, 6.45) is 0. The number of anilines is 2. The van der Waals surface area contributed by atoms with Crippen molar-refractivity contribution in [1.29, 1.82) is 0 Å². The monoisotopic (exact) mass is 284 g/mol. The molecule has 2 aromatic carbocycles. The molecule has 0 radical (unpaired) electrons. The highest BCUT2D eigenvalue weighted by atomic mass is 19.2. The minimum absolute atomic E-state index is 0.126. The molecule has 0 saturated heterocycles. The van der Waals surface area contributed by atoms with Crippen LogP contribution in [-0.4, -0.2) is 9.85 Å². The number of nitrogen functional groups attached to an aromatic ring is 2. The number of hydrogen-bond donors (Lipinski definition) is 2. The molecule has 104 valence electrons. The van der Waals surface area contributed by atoms with Crippen LogP contribution in [0.2, 0.25) is 0 Å². The molecule has 0 atom stereocenters. The van der Waals surface area contributed by atoms with E-state index in [0.717, 1.165) is 12.1 Å². The standard InChI is InChI=1S/C10H6F2N4O4/c11-6-5-3(1-2-4(13)8(5)14)9(15(17)18)10(7(6)12)16(19)20/h1-2H,13-14H2. The largest absolute Gasteiger partial charge is 0.397 e. The Morgan fingerprint density at radius 1 is 0.950 bits per heavy atom. The third-order valence-corrected chi connectivity index (χ3v) is 2.74. The van der Waals surface area contributed by atoms with Crippen LogP contribution in [0.25, 0.3) is 10.8 Å². The molecule has 0 bridgehead atoms. The number of nitro benzene ring substituents is 2. The third-order valence-electron chi connectivity index (χ3n) is 2.74. The summed E-state index contributed by atoms with van der Waals surface area (Å²) in [5.41, 5.74) is 7.60. The molecule has 0 spiro atoms. The molecular formula is C10H6F2N4O4. The second-order valence-corrected chi connectivity index (χ2v) is 3.83. The van der Waals surface area contributed by atoms with Crippen LogP contribution in [0.4, 0.5) is 31.5 Å². The van der Waals surface area contributed by atoms with Gasteiger partial charge in [-0.1, -0.05) is 0 Å². The fourth-order valence-corrected chi connectivity index (χ4v) is 1.87. The topological polar surface area (TPSA) is 138 Å². The molecule has 4 N–H and O–H groups in total. The van der Waals surface area contributed by atoms with Gasteiger partial charge in [0.2, 0.25) is 5.82 Å². The Labute approximate surface area is 108 Å². The van der Waals surface area contributed by atoms with E-state index in [0.29, 0.717) is 0 Å². The van der Waals surface area contributed by atoms with Crippen LogP contribution >= 0.6 is 0 Å². The van der Waals surface area contributed by atoms with Crippen molar-refractivity contribution < 1.29 is 18.6 Å². The van der Waals surface area contributed by atoms with Crippen LogP contribution in [-0.2, 0) is 0 Å². The number of rotatable bonds is 2. The highest BCUT2D eigenvalue weighted by Crippen LogP contribution is 2.42. The molecule has 2 aromatic rings. The van der Waals surface area contributed by atoms with Gasteiger partial charge in [0.05, 0.1) is 32.0 Å². The molecule has 2 rings (SSSR count). The lowest BCUT2D eigenvalue weighted by Crippen LogP contribution is -2.06. The summed E-state index contributed by atoms with van der Waals surface area (Å²) in [6.45, 7) is 0. The Morgan fingerprint density at radius 3 is 2.00 bits per heavy atom. The highest BCUT2D eigenvalue weighted by Gasteiger charge is 2.37. The van der Waals surface area contributed by atoms with Gasteiger partial charge in [0.15, 0.2) is 5.82 Å². The van der Waals surface area contributed by atoms with E-state index in [1.165, 1.54) is 0 Å². The van der Waals surface area contributed by atoms with Crippen molar-refractivity contribution in [2.45, 2.75) is 0 Å². The molecule has 0 aromatic heterocycles. The number of fused-ring (bicyclic) bond motifs is 1. The summed E-state index contributed by atoms with van der Waals surface area (Å²) in [5, 5.41) is 20.5. The van der Waals surface area contributed by atoms with Crippen molar-refractivity contribution in [2.75, 3.05) is 11.5 Å². The molecule has 8 nitrogen and oxygen atoms in total. The van der Waals surface area contributed by atoms with E-state index < -0.39 is 49.3 Å². The summed E-state index contributed by atoms with van der Waals surface area (Å²) in [6, 6.07) is 2.10. The molecule has 0 unspecified atom stereocenters. The SMILES string of the molecule is Nc1ccc2c([N+](=O)[O-])c([N+](=O)[O-])c(F)c(F)c2c1N. The summed E-state index contributed by atoms with van der Waals surface area (Å²) < 4.78 is 27.6. The minimum Gasteiger partial charge on any atom is -0.397 e. The second-order valence-electron chi connectivity index (χ2n) is 3.83. The molecular weight excluding hydrogens is 278 g/mol. The Bertz CT molecular complexity index is 778. The van der Waals surface area contributed by atoms with Gasteiger partial charge in [0.25, 0.3) is 0 Å². The van der Waals surface area contributed by atoms with E-state index in [1.54, 1.807) is 0 Å². The first kappa shape index (κ1) is 13.4. The molecule has 10 heteroatoms. The van der Waals surface area contributed by atoms with Crippen molar-refractivity contribution in [3.8, 4) is 0 Å². The van der Waals surface area contributed by atoms with Crippen LogP contribution in [0.5, 0.6) is 0 Å². The maximum atomic E-state index is 13.9. The van der Waals surface area contributed by atoms with Crippen molar-refractivity contribution in [3.63, 3.8) is 0 Å². The van der Waals surface area contributed by atoms with Crippen molar-refractivity contribution in [2.24, 2.45) is 0 Å². The van der Waals surface area contributed by atoms with Gasteiger partial charge < -0.3 is 11.5 Å². The van der Waals surface area contributed by atoms with Gasteiger partial charge in [-0.05, 0) is 12.1 Å². The molecule has 0 aliphatic rings. The molecule has 20 heavy (non-hydrogen) atoms. The number of nitrogens with zero attached hydrogens (tertiary/aromatic N) is 2. The van der Waals surface area contributed by atoms with Crippen LogP contribution < -0.4 is 11.5 Å². The summed E-state index contributed by atoms with van der Waals surface area (Å²) >= 11 is 0. The molecule has 0 saturated carbocycles. The first-order chi connectivity index (χ1) is 9.27. The quantitative estimate of drug-likeness (QED) is 0.491. The Hall–Kier alpha value is -3.04. The zero-order valence-electron chi connectivity index (χ0n) is 9.59. The first-order valence-corrected chi connectivity index (χ1v) is 5.04. The van der Waals surface area contributed by atoms with Gasteiger partial charge in [-0.15, -0.1) is 0 Å². The van der Waals surface area contributed by atoms with E-state index in [9.17, 15) is 29.0 Å². The first-order valence-electron chi connectivity index (χ1n) is 5.04. The zero-order chi connectivity index (χ0) is 15.2. The number of halogens is 2. The molecule has 0 aliphatic carbocycles. The lowest BCUT2D eigenvalue weighted by atomic mass is 10.0. The van der Waals surface area contributed by atoms with E-state index >= 15 is 0 Å². The summed E-state index contributed by atoms with van der Waals surface area (Å²) in [5.74, 6) is -3.60. The van der Waals surface area contributed by atoms with E-state index in [1.807, 2.05) is 0 Å². The van der Waals surface area contributed by atoms with Crippen LogP contribution in [0.15, 0.2) is 12.1 Å². The van der Waals surface area contributed by atoms with Crippen molar-refractivity contribution >= 4 is 33.5 Å². The smallest absolute Gasteiger partial charge is 0.385 e. The summed E-state index contributed by atoms with van der Waals surface area (Å²) in [7, 11) is 0. The van der Waals surface area contributed by atoms with Crippen molar-refractivity contribution in [3.05, 3.63) is 44.0 Å². The van der Waals surface area contributed by atoms with Crippen molar-refractivity contribution in [1.82, 2.24) is 0 Å². The van der Waals surface area contributed by atoms with E-state index in [2.05, 4.69) is 0 Å². The van der Waals surface area contributed by atoms with Crippen LogP contribution in [0.1, 0.15) is 0 Å². The van der Waals surface area contributed by atoms with Gasteiger partial charge in [0.1, 0.15) is 0 Å². The average molecular weight is 284 g/mol. The van der Waals surface area contributed by atoms with Gasteiger partial charge in [-0.2, -0.15) is 4.39 Å². The normalized spacial score (nSPS) is 10.7. The van der Waals surface area contributed by atoms with Gasteiger partial charge in [-0.3, -0.25) is 20.2 Å². The molecule has 0 aliphatic heterocycles. The number of hydrogen-bond acceptors (Lipinski definition) is 6. The Kier molecular flexibility index (Phi) is 2.85. The fraction of sp³-hybridized carbons (Fsp3) is 0. The minimum atomic E-state index is -1.95. The van der Waals surface area contributed by atoms with E-state index in [4.69, 9.17) is 11.5 Å².